The summed E-state index contributed by atoms with van der Waals surface area (Å²) in [6.45, 7) is 8.04. The van der Waals surface area contributed by atoms with Gasteiger partial charge < -0.3 is 14.9 Å². The number of hydrogen-bond donors (Lipinski definition) is 2. The number of carboxylic acid groups (broad SMARTS) is 1. The quantitative estimate of drug-likeness (QED) is 0.539. The van der Waals surface area contributed by atoms with Crippen molar-refractivity contribution in [2.75, 3.05) is 6.61 Å². The number of aliphatic hydroxyl groups excluding tert-OH is 1. The molecule has 5 heteroatoms. The Hall–Kier alpha value is -1.36. The number of aliphatic hydroxyl groups is 1. The standard InChI is InChI=1S/C6H10O3.C4H8O2/c1-3-6(8)9-4-5(2)7;1-3(2)4(5)6/h3,5,7H,1,4H2,2H3;3H,1-2H3,(H,5,6). The third-order valence-corrected chi connectivity index (χ3v) is 1.13. The lowest BCUT2D eigenvalue weighted by atomic mass is 10.2. The first-order chi connectivity index (χ1) is 6.81. The maximum absolute atomic E-state index is 10.3. The number of rotatable bonds is 4. The van der Waals surface area contributed by atoms with Crippen molar-refractivity contribution in [1.82, 2.24) is 0 Å². The highest BCUT2D eigenvalue weighted by Crippen LogP contribution is 1.87. The Kier molecular flexibility index (Phi) is 9.87. The highest BCUT2D eigenvalue weighted by molar-refractivity contribution is 5.81. The Labute approximate surface area is 89.4 Å². The number of aliphatic carboxylic acids is 1. The van der Waals surface area contributed by atoms with Crippen LogP contribution in [0.25, 0.3) is 0 Å². The van der Waals surface area contributed by atoms with Gasteiger partial charge >= 0.3 is 11.9 Å². The van der Waals surface area contributed by atoms with Crippen molar-refractivity contribution in [1.29, 1.82) is 0 Å². The first kappa shape index (κ1) is 16.1. The van der Waals surface area contributed by atoms with Gasteiger partial charge in [-0.25, -0.2) is 4.79 Å². The first-order valence-corrected chi connectivity index (χ1v) is 4.51. The number of carboxylic acids is 1. The smallest absolute Gasteiger partial charge is 0.330 e. The molecule has 0 saturated carbocycles. The van der Waals surface area contributed by atoms with Crippen LogP contribution in [0.2, 0.25) is 0 Å². The van der Waals surface area contributed by atoms with Crippen molar-refractivity contribution in [3.63, 3.8) is 0 Å². The summed E-state index contributed by atoms with van der Waals surface area (Å²) in [6, 6.07) is 0. The van der Waals surface area contributed by atoms with Gasteiger partial charge in [-0.15, -0.1) is 0 Å². The molecule has 0 spiro atoms. The molecule has 15 heavy (non-hydrogen) atoms. The van der Waals surface area contributed by atoms with Crippen LogP contribution in [0.3, 0.4) is 0 Å². The number of esters is 1. The minimum atomic E-state index is -0.741. The van der Waals surface area contributed by atoms with Gasteiger partial charge in [-0.3, -0.25) is 4.79 Å². The van der Waals surface area contributed by atoms with E-state index in [1.54, 1.807) is 13.8 Å². The predicted molar refractivity (Wildman–Crippen MR) is 55.3 cm³/mol. The van der Waals surface area contributed by atoms with Gasteiger partial charge in [0, 0.05) is 6.08 Å². The second-order valence-corrected chi connectivity index (χ2v) is 3.18. The third kappa shape index (κ3) is 15.4. The van der Waals surface area contributed by atoms with Crippen molar-refractivity contribution < 1.29 is 24.5 Å². The zero-order valence-corrected chi connectivity index (χ0v) is 9.27. The van der Waals surface area contributed by atoms with Crippen LogP contribution in [-0.2, 0) is 14.3 Å². The molecule has 0 aromatic rings. The van der Waals surface area contributed by atoms with Gasteiger partial charge in [0.05, 0.1) is 12.0 Å². The van der Waals surface area contributed by atoms with Gasteiger partial charge in [-0.1, -0.05) is 20.4 Å². The van der Waals surface area contributed by atoms with E-state index in [4.69, 9.17) is 10.2 Å². The fourth-order valence-electron chi connectivity index (χ4n) is 0.262. The zero-order valence-electron chi connectivity index (χ0n) is 9.27. The van der Waals surface area contributed by atoms with E-state index in [-0.39, 0.29) is 12.5 Å². The molecular formula is C10H18O5. The molecule has 0 aliphatic rings. The van der Waals surface area contributed by atoms with Crippen molar-refractivity contribution in [2.45, 2.75) is 26.9 Å². The molecule has 0 heterocycles. The molecule has 5 nitrogen and oxygen atoms in total. The minimum Gasteiger partial charge on any atom is -0.481 e. The lowest BCUT2D eigenvalue weighted by molar-refractivity contribution is -0.141. The Morgan fingerprint density at radius 1 is 1.40 bits per heavy atom. The normalized spacial score (nSPS) is 11.0. The molecule has 0 aromatic heterocycles. The van der Waals surface area contributed by atoms with E-state index < -0.39 is 18.0 Å². The highest BCUT2D eigenvalue weighted by Gasteiger charge is 1.99. The van der Waals surface area contributed by atoms with Crippen molar-refractivity contribution in [3.05, 3.63) is 12.7 Å². The maximum Gasteiger partial charge on any atom is 0.330 e. The van der Waals surface area contributed by atoms with Gasteiger partial charge in [0.25, 0.3) is 0 Å². The molecule has 0 rings (SSSR count). The summed E-state index contributed by atoms with van der Waals surface area (Å²) < 4.78 is 4.45. The molecule has 1 unspecified atom stereocenters. The zero-order chi connectivity index (χ0) is 12.4. The lowest BCUT2D eigenvalue weighted by Crippen LogP contribution is -2.13. The van der Waals surface area contributed by atoms with Crippen LogP contribution in [0, 0.1) is 5.92 Å². The fraction of sp³-hybridized carbons (Fsp3) is 0.600. The summed E-state index contributed by atoms with van der Waals surface area (Å²) in [5, 5.41) is 16.6. The molecule has 0 aliphatic heterocycles. The van der Waals surface area contributed by atoms with Crippen molar-refractivity contribution in [2.24, 2.45) is 5.92 Å². The molecule has 0 fully saturated rings. The van der Waals surface area contributed by atoms with Crippen LogP contribution in [0.4, 0.5) is 0 Å². The molecule has 1 atom stereocenters. The van der Waals surface area contributed by atoms with Crippen LogP contribution in [0.5, 0.6) is 0 Å². The molecule has 0 saturated heterocycles. The summed E-state index contributed by atoms with van der Waals surface area (Å²) in [5.74, 6) is -1.48. The van der Waals surface area contributed by atoms with E-state index in [9.17, 15) is 9.59 Å². The van der Waals surface area contributed by atoms with E-state index in [0.29, 0.717) is 0 Å². The molecule has 0 aliphatic carbocycles. The molecule has 88 valence electrons. The second-order valence-electron chi connectivity index (χ2n) is 3.18. The van der Waals surface area contributed by atoms with Gasteiger partial charge in [0.1, 0.15) is 6.61 Å². The van der Waals surface area contributed by atoms with Crippen LogP contribution in [-0.4, -0.2) is 34.9 Å². The van der Waals surface area contributed by atoms with Crippen molar-refractivity contribution >= 4 is 11.9 Å². The van der Waals surface area contributed by atoms with Crippen LogP contribution in [0.1, 0.15) is 20.8 Å². The Morgan fingerprint density at radius 2 is 1.80 bits per heavy atom. The number of hydrogen-bond acceptors (Lipinski definition) is 4. The van der Waals surface area contributed by atoms with E-state index in [0.717, 1.165) is 6.08 Å². The van der Waals surface area contributed by atoms with Crippen molar-refractivity contribution in [3.8, 4) is 0 Å². The minimum absolute atomic E-state index is 0.0326. The van der Waals surface area contributed by atoms with E-state index in [1.807, 2.05) is 0 Å². The van der Waals surface area contributed by atoms with E-state index in [2.05, 4.69) is 11.3 Å². The Balaban J connectivity index is 0. The van der Waals surface area contributed by atoms with Gasteiger partial charge in [-0.2, -0.15) is 0 Å². The molecular weight excluding hydrogens is 200 g/mol. The highest BCUT2D eigenvalue weighted by atomic mass is 16.5. The van der Waals surface area contributed by atoms with Gasteiger partial charge in [0.2, 0.25) is 0 Å². The van der Waals surface area contributed by atoms with Crippen LogP contribution < -0.4 is 0 Å². The summed E-state index contributed by atoms with van der Waals surface area (Å²) >= 11 is 0. The number of carbonyl (C=O) groups is 2. The molecule has 0 amide bonds. The average molecular weight is 218 g/mol. The summed E-state index contributed by atoms with van der Waals surface area (Å²) in [5.41, 5.74) is 0. The van der Waals surface area contributed by atoms with Gasteiger partial charge in [-0.05, 0) is 6.92 Å². The van der Waals surface area contributed by atoms with Crippen LogP contribution in [0.15, 0.2) is 12.7 Å². The molecule has 0 aromatic carbocycles. The monoisotopic (exact) mass is 218 g/mol. The van der Waals surface area contributed by atoms with E-state index >= 15 is 0 Å². The van der Waals surface area contributed by atoms with E-state index in [1.165, 1.54) is 6.92 Å². The Bertz CT molecular complexity index is 208. The largest absolute Gasteiger partial charge is 0.481 e. The summed E-state index contributed by atoms with van der Waals surface area (Å²) in [6.07, 6.45) is 0.455. The summed E-state index contributed by atoms with van der Waals surface area (Å²) in [7, 11) is 0. The molecule has 0 bridgehead atoms. The second kappa shape index (κ2) is 9.21. The predicted octanol–water partition coefficient (Wildman–Crippen LogP) is 0.823. The van der Waals surface area contributed by atoms with Gasteiger partial charge in [0.15, 0.2) is 0 Å². The maximum atomic E-state index is 10.3. The Morgan fingerprint density at radius 3 is 2.00 bits per heavy atom. The molecule has 0 radical (unpaired) electrons. The first-order valence-electron chi connectivity index (χ1n) is 4.51. The molecule has 2 N–H and O–H groups in total. The summed E-state index contributed by atoms with van der Waals surface area (Å²) in [4.78, 5) is 20.0. The SMILES string of the molecule is C=CC(=O)OCC(C)O.CC(C)C(=O)O. The lowest BCUT2D eigenvalue weighted by Gasteiger charge is -2.02. The fourth-order valence-corrected chi connectivity index (χ4v) is 0.262. The average Bonchev–Trinajstić information content (AvgIpc) is 2.14. The number of ether oxygens (including phenoxy) is 1. The number of carbonyl (C=O) groups excluding carboxylic acids is 1. The third-order valence-electron chi connectivity index (χ3n) is 1.13. The topological polar surface area (TPSA) is 83.8 Å². The van der Waals surface area contributed by atoms with Crippen LogP contribution >= 0.6 is 0 Å².